The van der Waals surface area contributed by atoms with E-state index in [1.807, 2.05) is 36.5 Å². The van der Waals surface area contributed by atoms with Crippen LogP contribution in [0.3, 0.4) is 0 Å². The third-order valence-electron chi connectivity index (χ3n) is 4.98. The topological polar surface area (TPSA) is 71.4 Å². The van der Waals surface area contributed by atoms with Crippen LogP contribution in [0.2, 0.25) is 0 Å². The summed E-state index contributed by atoms with van der Waals surface area (Å²) in [6, 6.07) is 16.1. The van der Waals surface area contributed by atoms with Crippen molar-refractivity contribution in [2.45, 2.75) is 19.1 Å². The average molecular weight is 371 g/mol. The lowest BCUT2D eigenvalue weighted by molar-refractivity contribution is 0.223. The molecule has 0 aliphatic carbocycles. The van der Waals surface area contributed by atoms with Crippen LogP contribution in [0.15, 0.2) is 59.7 Å². The highest BCUT2D eigenvalue weighted by Gasteiger charge is 2.16. The molecule has 140 valence electrons. The standard InChI is InChI=1S/C22H21N5O/c1-2-15(11-19(3-1)28-20-6-8-23-14-20)22-25-9-7-21(27-22)26-18-5-4-16-12-24-13-17(16)10-18/h1-5,7,9-11,13,20,23H,6,8,12,14H2,(H,25,26,27). The number of aromatic nitrogens is 2. The summed E-state index contributed by atoms with van der Waals surface area (Å²) in [6.07, 6.45) is 4.95. The molecule has 28 heavy (non-hydrogen) atoms. The second-order valence-corrected chi connectivity index (χ2v) is 7.03. The van der Waals surface area contributed by atoms with E-state index in [1.54, 1.807) is 6.20 Å². The molecule has 6 nitrogen and oxygen atoms in total. The number of nitrogens with zero attached hydrogens (tertiary/aromatic N) is 3. The van der Waals surface area contributed by atoms with Crippen LogP contribution in [0, 0.1) is 0 Å². The summed E-state index contributed by atoms with van der Waals surface area (Å²) in [4.78, 5) is 13.4. The fraction of sp³-hybridized carbons (Fsp3) is 0.227. The van der Waals surface area contributed by atoms with Gasteiger partial charge >= 0.3 is 0 Å². The van der Waals surface area contributed by atoms with Crippen molar-refractivity contribution in [2.24, 2.45) is 4.99 Å². The number of aliphatic imine (C=N–C) groups is 1. The van der Waals surface area contributed by atoms with E-state index in [0.29, 0.717) is 5.82 Å². The van der Waals surface area contributed by atoms with Crippen LogP contribution in [-0.4, -0.2) is 35.4 Å². The smallest absolute Gasteiger partial charge is 0.161 e. The number of ether oxygens (including phenoxy) is 1. The monoisotopic (exact) mass is 371 g/mol. The first kappa shape index (κ1) is 16.9. The summed E-state index contributed by atoms with van der Waals surface area (Å²) in [7, 11) is 0. The Balaban J connectivity index is 1.36. The molecule has 5 rings (SSSR count). The van der Waals surface area contributed by atoms with E-state index in [1.165, 1.54) is 5.56 Å². The van der Waals surface area contributed by atoms with Gasteiger partial charge < -0.3 is 15.4 Å². The Morgan fingerprint density at radius 2 is 2.11 bits per heavy atom. The molecule has 2 aliphatic heterocycles. The van der Waals surface area contributed by atoms with Crippen LogP contribution < -0.4 is 15.4 Å². The minimum atomic E-state index is 0.229. The maximum absolute atomic E-state index is 6.06. The second kappa shape index (κ2) is 7.40. The van der Waals surface area contributed by atoms with E-state index in [-0.39, 0.29) is 6.10 Å². The van der Waals surface area contributed by atoms with Crippen molar-refractivity contribution in [3.63, 3.8) is 0 Å². The zero-order valence-electron chi connectivity index (χ0n) is 15.4. The Morgan fingerprint density at radius 3 is 3.04 bits per heavy atom. The number of anilines is 2. The lowest BCUT2D eigenvalue weighted by Gasteiger charge is -2.13. The fourth-order valence-electron chi connectivity index (χ4n) is 3.52. The van der Waals surface area contributed by atoms with Gasteiger partial charge in [0.15, 0.2) is 5.82 Å². The predicted octanol–water partition coefficient (Wildman–Crippen LogP) is 3.56. The summed E-state index contributed by atoms with van der Waals surface area (Å²) >= 11 is 0. The van der Waals surface area contributed by atoms with Gasteiger partial charge in [0.25, 0.3) is 0 Å². The molecule has 1 fully saturated rings. The first-order valence-electron chi connectivity index (χ1n) is 9.54. The van der Waals surface area contributed by atoms with Gasteiger partial charge in [0, 0.05) is 30.2 Å². The third-order valence-corrected chi connectivity index (χ3v) is 4.98. The van der Waals surface area contributed by atoms with Crippen LogP contribution in [-0.2, 0) is 6.54 Å². The first-order valence-corrected chi connectivity index (χ1v) is 9.54. The Bertz CT molecular complexity index is 1030. The van der Waals surface area contributed by atoms with E-state index in [0.717, 1.165) is 54.4 Å². The summed E-state index contributed by atoms with van der Waals surface area (Å²) in [6.45, 7) is 2.67. The molecule has 3 heterocycles. The van der Waals surface area contributed by atoms with Crippen LogP contribution in [0.1, 0.15) is 17.5 Å². The number of nitrogens with one attached hydrogen (secondary N) is 2. The Morgan fingerprint density at radius 1 is 1.11 bits per heavy atom. The van der Waals surface area contributed by atoms with Gasteiger partial charge in [-0.15, -0.1) is 0 Å². The van der Waals surface area contributed by atoms with Crippen molar-refractivity contribution in [3.8, 4) is 17.1 Å². The number of hydrogen-bond acceptors (Lipinski definition) is 6. The molecule has 6 heteroatoms. The fourth-order valence-corrected chi connectivity index (χ4v) is 3.52. The molecular formula is C22H21N5O. The van der Waals surface area contributed by atoms with E-state index in [2.05, 4.69) is 43.8 Å². The molecule has 0 spiro atoms. The highest BCUT2D eigenvalue weighted by molar-refractivity contribution is 5.86. The molecule has 1 atom stereocenters. The lowest BCUT2D eigenvalue weighted by atomic mass is 10.1. The number of hydrogen-bond donors (Lipinski definition) is 2. The van der Waals surface area contributed by atoms with Crippen LogP contribution >= 0.6 is 0 Å². The summed E-state index contributed by atoms with van der Waals surface area (Å²) in [5, 5.41) is 6.68. The molecular weight excluding hydrogens is 350 g/mol. The van der Waals surface area contributed by atoms with Gasteiger partial charge in [-0.2, -0.15) is 0 Å². The number of fused-ring (bicyclic) bond motifs is 1. The number of benzene rings is 2. The van der Waals surface area contributed by atoms with Crippen molar-refractivity contribution < 1.29 is 4.74 Å². The maximum Gasteiger partial charge on any atom is 0.161 e. The first-order chi connectivity index (χ1) is 13.8. The van der Waals surface area contributed by atoms with Gasteiger partial charge in [-0.1, -0.05) is 18.2 Å². The molecule has 2 N–H and O–H groups in total. The van der Waals surface area contributed by atoms with Crippen LogP contribution in [0.25, 0.3) is 11.4 Å². The molecule has 0 bridgehead atoms. The minimum absolute atomic E-state index is 0.229. The second-order valence-electron chi connectivity index (χ2n) is 7.03. The SMILES string of the molecule is C1=NCc2ccc(Nc3ccnc(-c4cccc(OC5CCNC5)c4)n3)cc21. The third kappa shape index (κ3) is 3.59. The molecule has 1 aromatic heterocycles. The molecule has 1 unspecified atom stereocenters. The van der Waals surface area contributed by atoms with E-state index in [4.69, 9.17) is 4.74 Å². The van der Waals surface area contributed by atoms with Gasteiger partial charge in [0.1, 0.15) is 17.7 Å². The van der Waals surface area contributed by atoms with Crippen molar-refractivity contribution in [1.29, 1.82) is 0 Å². The molecule has 0 radical (unpaired) electrons. The molecule has 1 saturated heterocycles. The Labute approximate surface area is 163 Å². The highest BCUT2D eigenvalue weighted by atomic mass is 16.5. The normalized spacial score (nSPS) is 17.5. The lowest BCUT2D eigenvalue weighted by Crippen LogP contribution is -2.19. The van der Waals surface area contributed by atoms with E-state index in [9.17, 15) is 0 Å². The van der Waals surface area contributed by atoms with Gasteiger partial charge in [-0.25, -0.2) is 9.97 Å². The molecule has 2 aromatic carbocycles. The predicted molar refractivity (Wildman–Crippen MR) is 110 cm³/mol. The zero-order valence-corrected chi connectivity index (χ0v) is 15.4. The van der Waals surface area contributed by atoms with Gasteiger partial charge in [0.2, 0.25) is 0 Å². The summed E-state index contributed by atoms with van der Waals surface area (Å²) in [5.41, 5.74) is 4.34. The quantitative estimate of drug-likeness (QED) is 0.718. The zero-order chi connectivity index (χ0) is 18.8. The average Bonchev–Trinajstić information content (AvgIpc) is 3.40. The van der Waals surface area contributed by atoms with Crippen LogP contribution in [0.4, 0.5) is 11.5 Å². The van der Waals surface area contributed by atoms with Crippen molar-refractivity contribution >= 4 is 17.7 Å². The largest absolute Gasteiger partial charge is 0.489 e. The molecule has 0 amide bonds. The van der Waals surface area contributed by atoms with Crippen molar-refractivity contribution in [1.82, 2.24) is 15.3 Å². The van der Waals surface area contributed by atoms with Gasteiger partial charge in [-0.3, -0.25) is 4.99 Å². The van der Waals surface area contributed by atoms with E-state index < -0.39 is 0 Å². The molecule has 2 aliphatic rings. The Hall–Kier alpha value is -3.25. The van der Waals surface area contributed by atoms with Crippen LogP contribution in [0.5, 0.6) is 5.75 Å². The van der Waals surface area contributed by atoms with E-state index >= 15 is 0 Å². The minimum Gasteiger partial charge on any atom is -0.489 e. The number of rotatable bonds is 5. The van der Waals surface area contributed by atoms with Gasteiger partial charge in [-0.05, 0) is 54.4 Å². The summed E-state index contributed by atoms with van der Waals surface area (Å²) < 4.78 is 6.06. The van der Waals surface area contributed by atoms with Gasteiger partial charge in [0.05, 0.1) is 6.54 Å². The Kier molecular flexibility index (Phi) is 4.47. The maximum atomic E-state index is 6.06. The highest BCUT2D eigenvalue weighted by Crippen LogP contribution is 2.25. The molecule has 3 aromatic rings. The van der Waals surface area contributed by atoms with Crippen molar-refractivity contribution in [2.75, 3.05) is 18.4 Å². The molecule has 0 saturated carbocycles. The van der Waals surface area contributed by atoms with Crippen molar-refractivity contribution in [3.05, 3.63) is 65.9 Å². The summed E-state index contributed by atoms with van der Waals surface area (Å²) in [5.74, 6) is 2.28.